The first kappa shape index (κ1) is 13.8. The van der Waals surface area contributed by atoms with E-state index in [0.29, 0.717) is 0 Å². The van der Waals surface area contributed by atoms with Gasteiger partial charge in [-0.3, -0.25) is 0 Å². The van der Waals surface area contributed by atoms with Gasteiger partial charge in [-0.2, -0.15) is 0 Å². The van der Waals surface area contributed by atoms with E-state index < -0.39 is 0 Å². The minimum absolute atomic E-state index is 0.771. The molecule has 21 heavy (non-hydrogen) atoms. The van der Waals surface area contributed by atoms with Crippen LogP contribution in [0.25, 0.3) is 5.69 Å². The molecule has 2 aromatic carbocycles. The Kier molecular flexibility index (Phi) is 3.96. The number of rotatable bonds is 4. The van der Waals surface area contributed by atoms with Crippen molar-refractivity contribution < 1.29 is 0 Å². The third kappa shape index (κ3) is 3.28. The van der Waals surface area contributed by atoms with Crippen LogP contribution in [0.2, 0.25) is 0 Å². The maximum Gasteiger partial charge on any atom is 0.143 e. The molecule has 1 N–H and O–H groups in total. The summed E-state index contributed by atoms with van der Waals surface area (Å²) in [4.78, 5) is 0. The molecule has 0 aliphatic carbocycles. The van der Waals surface area contributed by atoms with E-state index in [0.717, 1.165) is 22.4 Å². The van der Waals surface area contributed by atoms with Gasteiger partial charge in [0.1, 0.15) is 6.33 Å². The molecule has 3 aromatic rings. The van der Waals surface area contributed by atoms with E-state index in [9.17, 15) is 0 Å². The van der Waals surface area contributed by atoms with E-state index in [1.54, 1.807) is 11.0 Å². The Morgan fingerprint density at radius 2 is 1.95 bits per heavy atom. The molecule has 0 unspecified atom stereocenters. The van der Waals surface area contributed by atoms with Gasteiger partial charge in [0, 0.05) is 16.7 Å². The summed E-state index contributed by atoms with van der Waals surface area (Å²) in [5.41, 5.74) is 4.42. The van der Waals surface area contributed by atoms with Gasteiger partial charge in [0.25, 0.3) is 0 Å². The first-order chi connectivity index (χ1) is 10.2. The van der Waals surface area contributed by atoms with Crippen LogP contribution in [0.15, 0.2) is 53.3 Å². The van der Waals surface area contributed by atoms with Crippen LogP contribution in [-0.4, -0.2) is 20.2 Å². The Labute approximate surface area is 131 Å². The molecule has 0 aliphatic heterocycles. The molecule has 0 radical (unpaired) electrons. The van der Waals surface area contributed by atoms with Gasteiger partial charge in [-0.1, -0.05) is 34.1 Å². The Balaban J connectivity index is 1.78. The third-order valence-corrected chi connectivity index (χ3v) is 3.76. The SMILES string of the molecule is Cc1ccc(-n2cnnn2)cc1NCc1ccc(Br)cc1. The molecule has 0 aliphatic rings. The molecular weight excluding hydrogens is 330 g/mol. The lowest BCUT2D eigenvalue weighted by Gasteiger charge is -2.11. The molecule has 0 saturated carbocycles. The fourth-order valence-corrected chi connectivity index (χ4v) is 2.29. The standard InChI is InChI=1S/C15H14BrN5/c1-11-2-7-14(21-10-18-19-20-21)8-15(11)17-9-12-3-5-13(16)6-4-12/h2-8,10,17H,9H2,1H3. The lowest BCUT2D eigenvalue weighted by Crippen LogP contribution is -2.03. The number of hydrogen-bond donors (Lipinski definition) is 1. The fourth-order valence-electron chi connectivity index (χ4n) is 2.02. The number of aryl methyl sites for hydroxylation is 1. The molecule has 1 aromatic heterocycles. The second-order valence-corrected chi connectivity index (χ2v) is 5.65. The number of halogens is 1. The molecule has 0 spiro atoms. The van der Waals surface area contributed by atoms with Gasteiger partial charge in [0.05, 0.1) is 5.69 Å². The van der Waals surface area contributed by atoms with Crippen molar-refractivity contribution in [3.63, 3.8) is 0 Å². The summed E-state index contributed by atoms with van der Waals surface area (Å²) in [5, 5.41) is 14.7. The zero-order valence-corrected chi connectivity index (χ0v) is 13.1. The van der Waals surface area contributed by atoms with Crippen LogP contribution in [0.3, 0.4) is 0 Å². The van der Waals surface area contributed by atoms with E-state index >= 15 is 0 Å². The molecule has 0 amide bonds. The van der Waals surface area contributed by atoms with Gasteiger partial charge in [-0.15, -0.1) is 5.10 Å². The summed E-state index contributed by atoms with van der Waals surface area (Å²) in [5.74, 6) is 0. The maximum atomic E-state index is 3.91. The summed E-state index contributed by atoms with van der Waals surface area (Å²) >= 11 is 3.44. The van der Waals surface area contributed by atoms with Crippen molar-refractivity contribution >= 4 is 21.6 Å². The summed E-state index contributed by atoms with van der Waals surface area (Å²) in [6, 6.07) is 14.4. The maximum absolute atomic E-state index is 3.91. The largest absolute Gasteiger partial charge is 0.381 e. The van der Waals surface area contributed by atoms with Crippen LogP contribution >= 0.6 is 15.9 Å². The molecule has 0 bridgehead atoms. The highest BCUT2D eigenvalue weighted by Gasteiger charge is 2.03. The highest BCUT2D eigenvalue weighted by Crippen LogP contribution is 2.20. The van der Waals surface area contributed by atoms with E-state index in [-0.39, 0.29) is 0 Å². The fraction of sp³-hybridized carbons (Fsp3) is 0.133. The molecular formula is C15H14BrN5. The monoisotopic (exact) mass is 343 g/mol. The molecule has 6 heteroatoms. The van der Waals surface area contributed by atoms with E-state index in [1.807, 2.05) is 24.3 Å². The van der Waals surface area contributed by atoms with Crippen LogP contribution in [0.1, 0.15) is 11.1 Å². The summed E-state index contributed by atoms with van der Waals surface area (Å²) in [7, 11) is 0. The van der Waals surface area contributed by atoms with Crippen molar-refractivity contribution in [3.8, 4) is 5.69 Å². The zero-order valence-electron chi connectivity index (χ0n) is 11.5. The molecule has 5 nitrogen and oxygen atoms in total. The van der Waals surface area contributed by atoms with Gasteiger partial charge in [-0.05, 0) is 52.7 Å². The summed E-state index contributed by atoms with van der Waals surface area (Å²) < 4.78 is 2.73. The molecule has 0 fully saturated rings. The molecule has 3 rings (SSSR count). The summed E-state index contributed by atoms with van der Waals surface area (Å²) in [6.07, 6.45) is 1.59. The van der Waals surface area contributed by atoms with Crippen LogP contribution in [-0.2, 0) is 6.54 Å². The van der Waals surface area contributed by atoms with Crippen molar-refractivity contribution in [3.05, 3.63) is 64.4 Å². The third-order valence-electron chi connectivity index (χ3n) is 3.23. The van der Waals surface area contributed by atoms with Gasteiger partial charge >= 0.3 is 0 Å². The predicted octanol–water partition coefficient (Wildman–Crippen LogP) is 3.35. The van der Waals surface area contributed by atoms with Crippen LogP contribution in [0.4, 0.5) is 5.69 Å². The zero-order chi connectivity index (χ0) is 14.7. The van der Waals surface area contributed by atoms with Crippen LogP contribution in [0.5, 0.6) is 0 Å². The number of hydrogen-bond acceptors (Lipinski definition) is 4. The lowest BCUT2D eigenvalue weighted by molar-refractivity contribution is 0.789. The lowest BCUT2D eigenvalue weighted by atomic mass is 10.1. The smallest absolute Gasteiger partial charge is 0.143 e. The highest BCUT2D eigenvalue weighted by molar-refractivity contribution is 9.10. The number of nitrogens with one attached hydrogen (secondary N) is 1. The van der Waals surface area contributed by atoms with Crippen molar-refractivity contribution in [2.75, 3.05) is 5.32 Å². The van der Waals surface area contributed by atoms with Crippen LogP contribution in [0, 0.1) is 6.92 Å². The Morgan fingerprint density at radius 1 is 1.14 bits per heavy atom. The van der Waals surface area contributed by atoms with Crippen LogP contribution < -0.4 is 5.32 Å². The Hall–Kier alpha value is -2.21. The number of nitrogens with zero attached hydrogens (tertiary/aromatic N) is 4. The van der Waals surface area contributed by atoms with E-state index in [4.69, 9.17) is 0 Å². The van der Waals surface area contributed by atoms with Crippen molar-refractivity contribution in [1.29, 1.82) is 0 Å². The predicted molar refractivity (Wildman–Crippen MR) is 85.4 cm³/mol. The minimum Gasteiger partial charge on any atom is -0.381 e. The number of anilines is 1. The van der Waals surface area contributed by atoms with E-state index in [1.165, 1.54) is 11.1 Å². The van der Waals surface area contributed by atoms with Crippen molar-refractivity contribution in [2.45, 2.75) is 13.5 Å². The average molecular weight is 344 g/mol. The van der Waals surface area contributed by atoms with Crippen molar-refractivity contribution in [2.24, 2.45) is 0 Å². The number of tetrazole rings is 1. The Morgan fingerprint density at radius 3 is 2.67 bits per heavy atom. The van der Waals surface area contributed by atoms with Gasteiger partial charge in [0.15, 0.2) is 0 Å². The Bertz CT molecular complexity index is 722. The number of aromatic nitrogens is 4. The quantitative estimate of drug-likeness (QED) is 0.789. The molecule has 0 atom stereocenters. The first-order valence-electron chi connectivity index (χ1n) is 6.55. The first-order valence-corrected chi connectivity index (χ1v) is 7.34. The topological polar surface area (TPSA) is 55.6 Å². The molecule has 0 saturated heterocycles. The number of benzene rings is 2. The van der Waals surface area contributed by atoms with E-state index in [2.05, 4.69) is 61.9 Å². The highest BCUT2D eigenvalue weighted by atomic mass is 79.9. The second-order valence-electron chi connectivity index (χ2n) is 4.73. The molecule has 1 heterocycles. The van der Waals surface area contributed by atoms with Crippen molar-refractivity contribution in [1.82, 2.24) is 20.2 Å². The minimum atomic E-state index is 0.771. The average Bonchev–Trinajstić information content (AvgIpc) is 3.02. The van der Waals surface area contributed by atoms with Gasteiger partial charge < -0.3 is 5.32 Å². The van der Waals surface area contributed by atoms with Gasteiger partial charge in [-0.25, -0.2) is 4.68 Å². The summed E-state index contributed by atoms with van der Waals surface area (Å²) in [6.45, 7) is 2.85. The van der Waals surface area contributed by atoms with Gasteiger partial charge in [0.2, 0.25) is 0 Å². The normalized spacial score (nSPS) is 10.6. The second kappa shape index (κ2) is 6.05. The molecule has 106 valence electrons.